The molecule has 1 aromatic carbocycles. The van der Waals surface area contributed by atoms with Crippen LogP contribution in [0.5, 0.6) is 0 Å². The lowest BCUT2D eigenvalue weighted by Gasteiger charge is -2.51. The molecule has 1 saturated heterocycles. The van der Waals surface area contributed by atoms with Crippen molar-refractivity contribution in [2.24, 2.45) is 5.92 Å². The maximum Gasteiger partial charge on any atom is 0.416 e. The predicted molar refractivity (Wildman–Crippen MR) is 72.7 cm³/mol. The average Bonchev–Trinajstić information content (AvgIpc) is 2.45. The molecule has 0 aromatic heterocycles. The Morgan fingerprint density at radius 2 is 1.95 bits per heavy atom. The van der Waals surface area contributed by atoms with Gasteiger partial charge in [-0.15, -0.1) is 0 Å². The first-order chi connectivity index (χ1) is 9.93. The first kappa shape index (κ1) is 14.8. The van der Waals surface area contributed by atoms with Crippen molar-refractivity contribution in [3.8, 4) is 0 Å². The molecule has 2 fully saturated rings. The van der Waals surface area contributed by atoms with Gasteiger partial charge in [0, 0.05) is 31.6 Å². The molecule has 0 radical (unpaired) electrons. The van der Waals surface area contributed by atoms with Crippen LogP contribution in [0, 0.1) is 5.92 Å². The predicted octanol–water partition coefficient (Wildman–Crippen LogP) is 1.86. The van der Waals surface area contributed by atoms with Gasteiger partial charge in [-0.3, -0.25) is 0 Å². The van der Waals surface area contributed by atoms with Gasteiger partial charge < -0.3 is 15.7 Å². The molecular formula is C15H19F3N2O. The molecule has 21 heavy (non-hydrogen) atoms. The van der Waals surface area contributed by atoms with E-state index in [0.29, 0.717) is 13.0 Å². The minimum absolute atomic E-state index is 0.0128. The van der Waals surface area contributed by atoms with Crippen molar-refractivity contribution < 1.29 is 18.3 Å². The van der Waals surface area contributed by atoms with Crippen molar-refractivity contribution >= 4 is 0 Å². The molecule has 0 bridgehead atoms. The van der Waals surface area contributed by atoms with E-state index in [-0.39, 0.29) is 17.5 Å². The summed E-state index contributed by atoms with van der Waals surface area (Å²) in [6.07, 6.45) is -3.32. The number of aliphatic hydroxyl groups is 1. The average molecular weight is 300 g/mol. The van der Waals surface area contributed by atoms with Gasteiger partial charge in [-0.1, -0.05) is 18.2 Å². The summed E-state index contributed by atoms with van der Waals surface area (Å²) in [6.45, 7) is 2.31. The minimum atomic E-state index is -4.44. The number of hydrogen-bond acceptors (Lipinski definition) is 3. The summed E-state index contributed by atoms with van der Waals surface area (Å²) < 4.78 is 39.5. The molecule has 0 spiro atoms. The Hall–Kier alpha value is -1.11. The van der Waals surface area contributed by atoms with E-state index in [1.165, 1.54) is 12.1 Å². The van der Waals surface area contributed by atoms with Gasteiger partial charge in [0.15, 0.2) is 0 Å². The highest BCUT2D eigenvalue weighted by Gasteiger charge is 2.53. The highest BCUT2D eigenvalue weighted by atomic mass is 19.4. The molecule has 1 aliphatic carbocycles. The van der Waals surface area contributed by atoms with E-state index in [9.17, 15) is 18.3 Å². The van der Waals surface area contributed by atoms with E-state index in [2.05, 4.69) is 10.6 Å². The molecule has 3 rings (SSSR count). The number of hydrogen-bond donors (Lipinski definition) is 3. The largest absolute Gasteiger partial charge is 0.416 e. The van der Waals surface area contributed by atoms with Gasteiger partial charge in [-0.2, -0.15) is 13.2 Å². The molecule has 6 heteroatoms. The molecule has 3 atom stereocenters. The summed E-state index contributed by atoms with van der Waals surface area (Å²) in [5.74, 6) is -0.186. The fourth-order valence-electron chi connectivity index (χ4n) is 3.52. The molecule has 3 unspecified atom stereocenters. The standard InChI is InChI=1S/C15H19F3N2O/c16-15(17,18)11-4-2-1-3-10(11)14(21)6-5-12(14)13-9-19-7-8-20-13/h1-4,12-13,19-21H,5-9H2. The number of alkyl halides is 3. The summed E-state index contributed by atoms with van der Waals surface area (Å²) in [5, 5.41) is 17.4. The van der Waals surface area contributed by atoms with Crippen molar-refractivity contribution in [2.45, 2.75) is 30.7 Å². The molecule has 0 amide bonds. The number of rotatable bonds is 2. The van der Waals surface area contributed by atoms with Crippen LogP contribution in [0.3, 0.4) is 0 Å². The fourth-order valence-corrected chi connectivity index (χ4v) is 3.52. The Kier molecular flexibility index (Phi) is 3.71. The van der Waals surface area contributed by atoms with E-state index >= 15 is 0 Å². The van der Waals surface area contributed by atoms with Gasteiger partial charge in [0.25, 0.3) is 0 Å². The Morgan fingerprint density at radius 3 is 2.52 bits per heavy atom. The molecule has 116 valence electrons. The number of benzene rings is 1. The Bertz CT molecular complexity index is 514. The zero-order valence-electron chi connectivity index (χ0n) is 11.6. The topological polar surface area (TPSA) is 44.3 Å². The monoisotopic (exact) mass is 300 g/mol. The van der Waals surface area contributed by atoms with Gasteiger partial charge in [0.1, 0.15) is 0 Å². The van der Waals surface area contributed by atoms with E-state index in [0.717, 1.165) is 25.6 Å². The van der Waals surface area contributed by atoms with Crippen LogP contribution < -0.4 is 10.6 Å². The van der Waals surface area contributed by atoms with Crippen LogP contribution in [0.25, 0.3) is 0 Å². The van der Waals surface area contributed by atoms with Crippen molar-refractivity contribution in [2.75, 3.05) is 19.6 Å². The lowest BCUT2D eigenvalue weighted by molar-refractivity contribution is -0.151. The summed E-state index contributed by atoms with van der Waals surface area (Å²) in [6, 6.07) is 5.40. The van der Waals surface area contributed by atoms with Crippen LogP contribution in [-0.4, -0.2) is 30.8 Å². The third-order valence-electron chi connectivity index (χ3n) is 4.71. The van der Waals surface area contributed by atoms with E-state index in [1.807, 2.05) is 0 Å². The third-order valence-corrected chi connectivity index (χ3v) is 4.71. The van der Waals surface area contributed by atoms with Crippen LogP contribution >= 0.6 is 0 Å². The second-order valence-corrected chi connectivity index (χ2v) is 5.88. The number of halogens is 3. The highest BCUT2D eigenvalue weighted by Crippen LogP contribution is 2.51. The summed E-state index contributed by atoms with van der Waals surface area (Å²) in [7, 11) is 0. The van der Waals surface area contributed by atoms with Gasteiger partial charge in [0.05, 0.1) is 11.2 Å². The van der Waals surface area contributed by atoms with Crippen molar-refractivity contribution in [1.82, 2.24) is 10.6 Å². The van der Waals surface area contributed by atoms with Crippen LogP contribution in [-0.2, 0) is 11.8 Å². The maximum atomic E-state index is 13.2. The highest BCUT2D eigenvalue weighted by molar-refractivity contribution is 5.37. The Balaban J connectivity index is 1.92. The fraction of sp³-hybridized carbons (Fsp3) is 0.600. The first-order valence-electron chi connectivity index (χ1n) is 7.26. The van der Waals surface area contributed by atoms with Gasteiger partial charge >= 0.3 is 6.18 Å². The van der Waals surface area contributed by atoms with Crippen LogP contribution in [0.4, 0.5) is 13.2 Å². The second-order valence-electron chi connectivity index (χ2n) is 5.88. The zero-order chi connectivity index (χ0) is 15.1. The summed E-state index contributed by atoms with van der Waals surface area (Å²) >= 11 is 0. The molecule has 1 aliphatic heterocycles. The van der Waals surface area contributed by atoms with Gasteiger partial charge in [0.2, 0.25) is 0 Å². The molecule has 3 N–H and O–H groups in total. The molecule has 1 heterocycles. The Morgan fingerprint density at radius 1 is 1.19 bits per heavy atom. The maximum absolute atomic E-state index is 13.2. The lowest BCUT2D eigenvalue weighted by Crippen LogP contribution is -2.61. The zero-order valence-corrected chi connectivity index (χ0v) is 11.6. The van der Waals surface area contributed by atoms with Crippen LogP contribution in [0.1, 0.15) is 24.0 Å². The summed E-state index contributed by atoms with van der Waals surface area (Å²) in [5.41, 5.74) is -2.09. The third kappa shape index (κ3) is 2.56. The van der Waals surface area contributed by atoms with E-state index in [4.69, 9.17) is 0 Å². The SMILES string of the molecule is OC1(c2ccccc2C(F)(F)F)CCC1C1CNCCN1. The minimum Gasteiger partial charge on any atom is -0.385 e. The quantitative estimate of drug-likeness (QED) is 0.781. The smallest absolute Gasteiger partial charge is 0.385 e. The molecule has 1 saturated carbocycles. The van der Waals surface area contributed by atoms with E-state index in [1.54, 1.807) is 6.07 Å². The van der Waals surface area contributed by atoms with Crippen LogP contribution in [0.15, 0.2) is 24.3 Å². The number of piperazine rings is 1. The molecule has 3 nitrogen and oxygen atoms in total. The van der Waals surface area contributed by atoms with E-state index < -0.39 is 17.3 Å². The molecular weight excluding hydrogens is 281 g/mol. The van der Waals surface area contributed by atoms with Crippen molar-refractivity contribution in [1.29, 1.82) is 0 Å². The molecule has 2 aliphatic rings. The number of nitrogens with one attached hydrogen (secondary N) is 2. The lowest BCUT2D eigenvalue weighted by atomic mass is 9.61. The van der Waals surface area contributed by atoms with Crippen LogP contribution in [0.2, 0.25) is 0 Å². The summed E-state index contributed by atoms with van der Waals surface area (Å²) in [4.78, 5) is 0. The molecule has 1 aromatic rings. The van der Waals surface area contributed by atoms with Crippen molar-refractivity contribution in [3.05, 3.63) is 35.4 Å². The van der Waals surface area contributed by atoms with Crippen molar-refractivity contribution in [3.63, 3.8) is 0 Å². The van der Waals surface area contributed by atoms with Gasteiger partial charge in [-0.25, -0.2) is 0 Å². The second kappa shape index (κ2) is 5.26. The normalized spacial score (nSPS) is 33.5. The Labute approximate surface area is 121 Å². The van der Waals surface area contributed by atoms with Gasteiger partial charge in [-0.05, 0) is 24.5 Å². The first-order valence-corrected chi connectivity index (χ1v) is 7.26.